The summed E-state index contributed by atoms with van der Waals surface area (Å²) in [6.45, 7) is 1.95. The van der Waals surface area contributed by atoms with Gasteiger partial charge in [0.2, 0.25) is 5.16 Å². The zero-order valence-corrected chi connectivity index (χ0v) is 16.2. The summed E-state index contributed by atoms with van der Waals surface area (Å²) in [6.07, 6.45) is 0. The molecule has 1 aromatic heterocycles. The number of nitro benzene ring substituents is 1. The second kappa shape index (κ2) is 9.64. The molecule has 1 amide bonds. The first-order valence-corrected chi connectivity index (χ1v) is 8.82. The molecule has 0 unspecified atom stereocenters. The van der Waals surface area contributed by atoms with Crippen molar-refractivity contribution in [3.63, 3.8) is 0 Å². The van der Waals surface area contributed by atoms with Crippen LogP contribution >= 0.6 is 11.8 Å². The van der Waals surface area contributed by atoms with Crippen LogP contribution in [-0.4, -0.2) is 62.0 Å². The molecule has 150 valence electrons. The Morgan fingerprint density at radius 1 is 1.36 bits per heavy atom. The van der Waals surface area contributed by atoms with Gasteiger partial charge in [-0.2, -0.15) is 0 Å². The monoisotopic (exact) mass is 410 g/mol. The number of thioether (sulfide) groups is 1. The summed E-state index contributed by atoms with van der Waals surface area (Å²) in [4.78, 5) is 36.0. The molecule has 0 bridgehead atoms. The quantitative estimate of drug-likeness (QED) is 0.272. The van der Waals surface area contributed by atoms with Crippen LogP contribution in [0.2, 0.25) is 0 Å². The van der Waals surface area contributed by atoms with Crippen molar-refractivity contribution in [2.75, 3.05) is 20.8 Å². The van der Waals surface area contributed by atoms with Crippen molar-refractivity contribution in [3.05, 3.63) is 33.9 Å². The van der Waals surface area contributed by atoms with Gasteiger partial charge in [-0.25, -0.2) is 4.68 Å². The first-order valence-electron chi connectivity index (χ1n) is 8.00. The van der Waals surface area contributed by atoms with Crippen LogP contribution in [0.3, 0.4) is 0 Å². The van der Waals surface area contributed by atoms with Crippen LogP contribution in [0.15, 0.2) is 23.4 Å². The number of non-ortho nitro benzene ring substituents is 1. The zero-order chi connectivity index (χ0) is 20.7. The molecule has 0 fully saturated rings. The highest BCUT2D eigenvalue weighted by molar-refractivity contribution is 8.13. The highest BCUT2D eigenvalue weighted by Gasteiger charge is 2.21. The Morgan fingerprint density at radius 3 is 2.71 bits per heavy atom. The van der Waals surface area contributed by atoms with E-state index >= 15 is 0 Å². The number of esters is 1. The van der Waals surface area contributed by atoms with Gasteiger partial charge in [-0.15, -0.1) is 5.10 Å². The van der Waals surface area contributed by atoms with Gasteiger partial charge < -0.3 is 14.4 Å². The minimum atomic E-state index is -0.560. The molecule has 0 spiro atoms. The predicted octanol–water partition coefficient (Wildman–Crippen LogP) is 1.50. The molecule has 2 aromatic rings. The number of carbonyl (C=O) groups excluding carboxylic acids is 2. The van der Waals surface area contributed by atoms with Crippen LogP contribution in [0.25, 0.3) is 0 Å². The average molecular weight is 410 g/mol. The molecule has 28 heavy (non-hydrogen) atoms. The SMILES string of the molecule is CCN(Cc1cc([N+](=O)[O-])ccc1OC)C(=O)Sc1nnnn1CC(=O)OC. The molecule has 0 saturated heterocycles. The van der Waals surface area contributed by atoms with E-state index in [1.54, 1.807) is 6.92 Å². The number of nitrogens with zero attached hydrogens (tertiary/aromatic N) is 6. The Morgan fingerprint density at radius 2 is 2.11 bits per heavy atom. The Hall–Kier alpha value is -3.22. The molecule has 12 nitrogen and oxygen atoms in total. The molecule has 1 heterocycles. The number of carbonyl (C=O) groups is 2. The van der Waals surface area contributed by atoms with Crippen molar-refractivity contribution < 1.29 is 24.0 Å². The normalized spacial score (nSPS) is 10.4. The fourth-order valence-corrected chi connectivity index (χ4v) is 2.97. The van der Waals surface area contributed by atoms with Gasteiger partial charge in [0.1, 0.15) is 12.3 Å². The zero-order valence-electron chi connectivity index (χ0n) is 15.4. The summed E-state index contributed by atoms with van der Waals surface area (Å²) in [5.41, 5.74) is 0.385. The van der Waals surface area contributed by atoms with Gasteiger partial charge in [-0.3, -0.25) is 19.7 Å². The molecule has 0 aliphatic carbocycles. The third-order valence-corrected chi connectivity index (χ3v) is 4.57. The molecule has 0 atom stereocenters. The molecule has 0 saturated carbocycles. The number of rotatable bonds is 8. The van der Waals surface area contributed by atoms with Crippen molar-refractivity contribution in [1.82, 2.24) is 25.1 Å². The van der Waals surface area contributed by atoms with E-state index in [1.807, 2.05) is 0 Å². The molecular formula is C15H18N6O6S. The summed E-state index contributed by atoms with van der Waals surface area (Å²) < 4.78 is 10.9. The lowest BCUT2D eigenvalue weighted by Crippen LogP contribution is -2.27. The molecule has 2 rings (SSSR count). The van der Waals surface area contributed by atoms with Gasteiger partial charge >= 0.3 is 5.97 Å². The lowest BCUT2D eigenvalue weighted by Gasteiger charge is -2.21. The second-order valence-corrected chi connectivity index (χ2v) is 6.25. The van der Waals surface area contributed by atoms with Crippen molar-refractivity contribution in [2.24, 2.45) is 0 Å². The van der Waals surface area contributed by atoms with E-state index in [9.17, 15) is 19.7 Å². The number of tetrazole rings is 1. The van der Waals surface area contributed by atoms with E-state index in [0.29, 0.717) is 17.9 Å². The fourth-order valence-electron chi connectivity index (χ4n) is 2.21. The molecule has 0 N–H and O–H groups in total. The van der Waals surface area contributed by atoms with E-state index in [-0.39, 0.29) is 23.9 Å². The maximum atomic E-state index is 12.7. The average Bonchev–Trinajstić information content (AvgIpc) is 3.11. The van der Waals surface area contributed by atoms with Gasteiger partial charge in [-0.05, 0) is 23.4 Å². The first-order chi connectivity index (χ1) is 13.4. The summed E-state index contributed by atoms with van der Waals surface area (Å²) in [5, 5.41) is 21.6. The van der Waals surface area contributed by atoms with E-state index in [1.165, 1.54) is 37.3 Å². The smallest absolute Gasteiger partial charge is 0.327 e. The minimum Gasteiger partial charge on any atom is -0.496 e. The molecule has 1 aromatic carbocycles. The maximum absolute atomic E-state index is 12.7. The molecular weight excluding hydrogens is 392 g/mol. The minimum absolute atomic E-state index is 0.0890. The van der Waals surface area contributed by atoms with E-state index < -0.39 is 16.1 Å². The summed E-state index contributed by atoms with van der Waals surface area (Å²) in [6, 6.07) is 4.17. The Balaban J connectivity index is 2.17. The number of hydrogen-bond acceptors (Lipinski definition) is 10. The number of nitro groups is 1. The van der Waals surface area contributed by atoms with E-state index in [2.05, 4.69) is 20.3 Å². The number of benzene rings is 1. The number of aromatic nitrogens is 4. The standard InChI is InChI=1S/C15H18N6O6S/c1-4-19(8-10-7-11(21(24)25)5-6-12(10)26-2)15(23)28-14-16-17-18-20(14)9-13(22)27-3/h5-7H,4,8-9H2,1-3H3. The van der Waals surface area contributed by atoms with E-state index in [4.69, 9.17) is 4.74 Å². The third-order valence-electron chi connectivity index (χ3n) is 3.66. The van der Waals surface area contributed by atoms with Crippen LogP contribution in [0.5, 0.6) is 5.75 Å². The van der Waals surface area contributed by atoms with E-state index in [0.717, 1.165) is 16.4 Å². The number of ether oxygens (including phenoxy) is 2. The van der Waals surface area contributed by atoms with Crippen LogP contribution in [0.1, 0.15) is 12.5 Å². The molecule has 0 aliphatic rings. The third kappa shape index (κ3) is 5.16. The first kappa shape index (κ1) is 21.1. The summed E-state index contributed by atoms with van der Waals surface area (Å²) in [7, 11) is 2.67. The van der Waals surface area contributed by atoms with Crippen LogP contribution in [0.4, 0.5) is 10.5 Å². The Kier molecular flexibility index (Phi) is 7.26. The maximum Gasteiger partial charge on any atom is 0.327 e. The van der Waals surface area contributed by atoms with Crippen LogP contribution < -0.4 is 4.74 Å². The molecule has 13 heteroatoms. The summed E-state index contributed by atoms with van der Waals surface area (Å²) in [5.74, 6) is -0.132. The number of amides is 1. The highest BCUT2D eigenvalue weighted by atomic mass is 32.2. The molecule has 0 radical (unpaired) electrons. The largest absolute Gasteiger partial charge is 0.496 e. The number of methoxy groups -OCH3 is 2. The second-order valence-electron chi connectivity index (χ2n) is 5.33. The fraction of sp³-hybridized carbons (Fsp3) is 0.400. The van der Waals surface area contributed by atoms with Gasteiger partial charge in [-0.1, -0.05) is 0 Å². The number of hydrogen-bond donors (Lipinski definition) is 0. The Bertz CT molecular complexity index is 872. The lowest BCUT2D eigenvalue weighted by molar-refractivity contribution is -0.384. The van der Waals surface area contributed by atoms with Crippen molar-refractivity contribution in [1.29, 1.82) is 0 Å². The van der Waals surface area contributed by atoms with Gasteiger partial charge in [0, 0.05) is 36.0 Å². The van der Waals surface area contributed by atoms with Gasteiger partial charge in [0.25, 0.3) is 10.9 Å². The predicted molar refractivity (Wildman–Crippen MR) is 96.8 cm³/mol. The van der Waals surface area contributed by atoms with Crippen molar-refractivity contribution >= 4 is 28.7 Å². The summed E-state index contributed by atoms with van der Waals surface area (Å²) >= 11 is 0.737. The van der Waals surface area contributed by atoms with Crippen LogP contribution in [-0.2, 0) is 22.6 Å². The van der Waals surface area contributed by atoms with Crippen molar-refractivity contribution in [2.45, 2.75) is 25.2 Å². The topological polar surface area (TPSA) is 143 Å². The lowest BCUT2D eigenvalue weighted by atomic mass is 10.1. The van der Waals surface area contributed by atoms with Crippen LogP contribution in [0, 0.1) is 10.1 Å². The Labute approximate surface area is 163 Å². The highest BCUT2D eigenvalue weighted by Crippen LogP contribution is 2.27. The van der Waals surface area contributed by atoms with Gasteiger partial charge in [0.15, 0.2) is 0 Å². The molecule has 0 aliphatic heterocycles. The van der Waals surface area contributed by atoms with Gasteiger partial charge in [0.05, 0.1) is 25.7 Å². The van der Waals surface area contributed by atoms with Crippen molar-refractivity contribution in [3.8, 4) is 5.75 Å².